The summed E-state index contributed by atoms with van der Waals surface area (Å²) in [5, 5.41) is 27.7. The zero-order chi connectivity index (χ0) is 47.9. The number of hydrogen-bond acceptors (Lipinski definition) is 10. The highest BCUT2D eigenvalue weighted by atomic mass is 28.4. The fourth-order valence-corrected chi connectivity index (χ4v) is 19.1. The maximum Gasteiger partial charge on any atom is 0.338 e. The summed E-state index contributed by atoms with van der Waals surface area (Å²) in [4.78, 5) is 13.8. The van der Waals surface area contributed by atoms with E-state index < -0.39 is 71.8 Å². The number of rotatable bonds is 17. The van der Waals surface area contributed by atoms with Crippen LogP contribution >= 0.6 is 0 Å². The molecule has 0 saturated carbocycles. The molecule has 0 bridgehead atoms. The van der Waals surface area contributed by atoms with Gasteiger partial charge in [-0.05, 0) is 48.5 Å². The van der Waals surface area contributed by atoms with Crippen molar-refractivity contribution in [2.24, 2.45) is 0 Å². The van der Waals surface area contributed by atoms with Crippen LogP contribution in [0.5, 0.6) is 0 Å². The van der Waals surface area contributed by atoms with E-state index in [0.29, 0.717) is 0 Å². The molecule has 2 aliphatic heterocycles. The van der Waals surface area contributed by atoms with Gasteiger partial charge in [-0.3, -0.25) is 0 Å². The van der Waals surface area contributed by atoms with Gasteiger partial charge in [0.15, 0.2) is 18.7 Å². The van der Waals surface area contributed by atoms with Gasteiger partial charge in [0.05, 0.1) is 25.4 Å². The minimum absolute atomic E-state index is 0.0501. The number of carbonyl (C=O) groups excluding carboxylic acids is 1. The fraction of sp³-hybridized carbons (Fsp3) is 0.339. The second kappa shape index (κ2) is 21.3. The van der Waals surface area contributed by atoms with Gasteiger partial charge < -0.3 is 42.7 Å². The maximum absolute atomic E-state index is 13.8. The molecule has 8 atom stereocenters. The first-order chi connectivity index (χ1) is 32.7. The molecule has 2 N–H and O–H groups in total. The van der Waals surface area contributed by atoms with Crippen LogP contribution in [0, 0.1) is 0 Å². The quantitative estimate of drug-likeness (QED) is 0.0722. The summed E-state index contributed by atoms with van der Waals surface area (Å²) in [7, 11) is -6.21. The molecule has 68 heavy (non-hydrogen) atoms. The largest absolute Gasteiger partial charge is 0.450 e. The third-order valence-electron chi connectivity index (χ3n) is 13.2. The summed E-state index contributed by atoms with van der Waals surface area (Å²) >= 11 is 0. The van der Waals surface area contributed by atoms with Crippen LogP contribution in [-0.4, -0.2) is 95.2 Å². The fourth-order valence-electron chi connectivity index (χ4n) is 9.91. The Labute approximate surface area is 403 Å². The van der Waals surface area contributed by atoms with Crippen LogP contribution in [0.2, 0.25) is 10.1 Å². The van der Waals surface area contributed by atoms with E-state index in [2.05, 4.69) is 90.1 Å². The van der Waals surface area contributed by atoms with Crippen molar-refractivity contribution in [2.45, 2.75) is 107 Å². The Morgan fingerprint density at radius 2 is 0.897 bits per heavy atom. The number of benzene rings is 6. The van der Waals surface area contributed by atoms with E-state index >= 15 is 0 Å². The van der Waals surface area contributed by atoms with E-state index in [1.807, 2.05) is 103 Å². The van der Waals surface area contributed by atoms with Gasteiger partial charge in [0, 0.05) is 0 Å². The Morgan fingerprint density at radius 1 is 0.515 bits per heavy atom. The van der Waals surface area contributed by atoms with Crippen molar-refractivity contribution in [3.63, 3.8) is 0 Å². The lowest BCUT2D eigenvalue weighted by molar-refractivity contribution is -0.214. The first-order valence-electron chi connectivity index (χ1n) is 23.5. The average molecular weight is 953 g/mol. The molecule has 0 aliphatic carbocycles. The normalized spacial score (nSPS) is 23.4. The lowest BCUT2D eigenvalue weighted by atomic mass is 10.1. The lowest BCUT2D eigenvalue weighted by Gasteiger charge is -2.43. The van der Waals surface area contributed by atoms with Crippen molar-refractivity contribution < 1.29 is 47.5 Å². The molecule has 0 unspecified atom stereocenters. The predicted molar refractivity (Wildman–Crippen MR) is 268 cm³/mol. The van der Waals surface area contributed by atoms with Gasteiger partial charge in [-0.1, -0.05) is 211 Å². The number of aliphatic hydroxyl groups excluding tert-OH is 2. The molecule has 10 nitrogen and oxygen atoms in total. The van der Waals surface area contributed by atoms with Crippen molar-refractivity contribution in [3.8, 4) is 0 Å². The summed E-state index contributed by atoms with van der Waals surface area (Å²) in [6.07, 6.45) is -9.47. The highest BCUT2D eigenvalue weighted by Crippen LogP contribution is 2.40. The van der Waals surface area contributed by atoms with Gasteiger partial charge in [-0.2, -0.15) is 0 Å². The molecular weight excluding hydrogens is 889 g/mol. The number of ether oxygens (including phenoxy) is 5. The van der Waals surface area contributed by atoms with E-state index in [1.54, 1.807) is 30.3 Å². The minimum Gasteiger partial charge on any atom is -0.450 e. The van der Waals surface area contributed by atoms with Crippen LogP contribution in [0.15, 0.2) is 182 Å². The van der Waals surface area contributed by atoms with Gasteiger partial charge in [0.25, 0.3) is 16.6 Å². The summed E-state index contributed by atoms with van der Waals surface area (Å²) in [5.41, 5.74) is 1.20. The van der Waals surface area contributed by atoms with Crippen molar-refractivity contribution in [1.82, 2.24) is 0 Å². The number of carbonyl (C=O) groups is 1. The van der Waals surface area contributed by atoms with Crippen LogP contribution in [0.3, 0.4) is 0 Å². The van der Waals surface area contributed by atoms with Crippen LogP contribution in [-0.2, 0) is 39.1 Å². The first-order valence-corrected chi connectivity index (χ1v) is 27.3. The predicted octanol–water partition coefficient (Wildman–Crippen LogP) is 7.14. The minimum atomic E-state index is -3.14. The van der Waals surface area contributed by atoms with E-state index in [4.69, 9.17) is 32.5 Å². The molecule has 2 aliphatic rings. The van der Waals surface area contributed by atoms with Gasteiger partial charge >= 0.3 is 5.97 Å². The zero-order valence-corrected chi connectivity index (χ0v) is 41.7. The summed E-state index contributed by atoms with van der Waals surface area (Å²) in [6, 6.07) is 59.4. The van der Waals surface area contributed by atoms with Gasteiger partial charge in [-0.15, -0.1) is 0 Å². The number of hydrogen-bond donors (Lipinski definition) is 2. The van der Waals surface area contributed by atoms with Crippen LogP contribution in [0.25, 0.3) is 0 Å². The summed E-state index contributed by atoms with van der Waals surface area (Å²) in [5.74, 6) is -0.672. The zero-order valence-electron chi connectivity index (χ0n) is 39.7. The van der Waals surface area contributed by atoms with Gasteiger partial charge in [-0.25, -0.2) is 4.79 Å². The molecule has 6 aromatic carbocycles. The number of esters is 1. The van der Waals surface area contributed by atoms with E-state index in [-0.39, 0.29) is 35.5 Å². The molecule has 0 radical (unpaired) electrons. The third kappa shape index (κ3) is 10.3. The maximum atomic E-state index is 13.8. The Kier molecular flexibility index (Phi) is 15.4. The van der Waals surface area contributed by atoms with E-state index in [0.717, 1.165) is 26.3 Å². The molecule has 2 heterocycles. The molecule has 12 heteroatoms. The molecule has 356 valence electrons. The Balaban J connectivity index is 1.14. The van der Waals surface area contributed by atoms with Crippen LogP contribution in [0.1, 0.15) is 57.5 Å². The van der Waals surface area contributed by atoms with Crippen molar-refractivity contribution in [1.29, 1.82) is 0 Å². The first kappa shape index (κ1) is 49.3. The molecule has 2 fully saturated rings. The molecule has 0 spiro atoms. The summed E-state index contributed by atoms with van der Waals surface area (Å²) < 4.78 is 47.3. The van der Waals surface area contributed by atoms with Crippen LogP contribution < -0.4 is 20.7 Å². The molecule has 0 amide bonds. The van der Waals surface area contributed by atoms with Crippen molar-refractivity contribution in [2.75, 3.05) is 13.2 Å². The standard InChI is InChI=1S/C56H64O10Si2/c1-55(2,3)67(42-29-17-9-18-30-42,43-31-19-10-20-32-43)61-38-46-49(60-37-40-25-13-7-14-26-40)48(57)54(64-46)66-50-47(63-53(59)51(50)65-52(58)41-27-15-8-16-28-41)39-62-68(56(4,5)6,44-33-21-11-22-34-44)45-35-23-12-24-36-45/h7-36,46-51,53-54,57,59H,37-39H2,1-6H3/t46-,47-,48+,49-,50-,51+,53+,54+/m1/s1. The van der Waals surface area contributed by atoms with Crippen molar-refractivity contribution in [3.05, 3.63) is 193 Å². The third-order valence-corrected chi connectivity index (χ3v) is 23.2. The highest BCUT2D eigenvalue weighted by molar-refractivity contribution is 7.00. The molecule has 0 aromatic heterocycles. The molecule has 8 rings (SSSR count). The SMILES string of the molecule is CC(C)(C)[Si](OC[C@H]1O[C@@H](O[C@H]2[C@H](OC(=O)c3ccccc3)[C@@H](O)O[C@@H]2CO[Si](c2ccccc2)(c2ccccc2)C(C)(C)C)[C@@H](O)[C@@H]1OCc1ccccc1)(c1ccccc1)c1ccccc1. The second-order valence-electron chi connectivity index (χ2n) is 19.6. The highest BCUT2D eigenvalue weighted by Gasteiger charge is 2.57. The van der Waals surface area contributed by atoms with Gasteiger partial charge in [0.1, 0.15) is 30.5 Å². The van der Waals surface area contributed by atoms with Crippen molar-refractivity contribution >= 4 is 43.4 Å². The lowest BCUT2D eigenvalue weighted by Crippen LogP contribution is -2.67. The van der Waals surface area contributed by atoms with Gasteiger partial charge in [0.2, 0.25) is 0 Å². The Bertz CT molecular complexity index is 2410. The molecule has 2 saturated heterocycles. The smallest absolute Gasteiger partial charge is 0.338 e. The molecular formula is C56H64O10Si2. The number of aliphatic hydroxyl groups is 2. The summed E-state index contributed by atoms with van der Waals surface area (Å²) in [6.45, 7) is 13.3. The second-order valence-corrected chi connectivity index (χ2v) is 28.3. The van der Waals surface area contributed by atoms with Crippen LogP contribution in [0.4, 0.5) is 0 Å². The molecule has 6 aromatic rings. The Hall–Kier alpha value is -5.10. The van der Waals surface area contributed by atoms with E-state index in [9.17, 15) is 15.0 Å². The van der Waals surface area contributed by atoms with E-state index in [1.165, 1.54) is 0 Å². The monoisotopic (exact) mass is 952 g/mol. The Morgan fingerprint density at radius 3 is 1.31 bits per heavy atom. The average Bonchev–Trinajstić information content (AvgIpc) is 3.81. The topological polar surface area (TPSA) is 122 Å².